The average molecular weight is 246 g/mol. The molecule has 0 saturated heterocycles. The van der Waals surface area contributed by atoms with Gasteiger partial charge >= 0.3 is 5.97 Å². The summed E-state index contributed by atoms with van der Waals surface area (Å²) in [5.41, 5.74) is -0.499. The quantitative estimate of drug-likeness (QED) is 0.847. The van der Waals surface area contributed by atoms with Gasteiger partial charge in [-0.15, -0.1) is 0 Å². The van der Waals surface area contributed by atoms with Crippen LogP contribution in [0.15, 0.2) is 35.3 Å². The minimum Gasteiger partial charge on any atom is -0.496 e. The van der Waals surface area contributed by atoms with Crippen LogP contribution in [0.4, 0.5) is 0 Å². The molecule has 0 fully saturated rings. The average Bonchev–Trinajstić information content (AvgIpc) is 2.38. The number of rotatable bonds is 3. The van der Waals surface area contributed by atoms with Gasteiger partial charge in [0.1, 0.15) is 17.1 Å². The van der Waals surface area contributed by atoms with E-state index in [4.69, 9.17) is 9.84 Å². The lowest BCUT2D eigenvalue weighted by atomic mass is 10.2. The molecular formula is C12H10N2O4. The third kappa shape index (κ3) is 2.08. The van der Waals surface area contributed by atoms with Gasteiger partial charge in [0.2, 0.25) is 0 Å². The van der Waals surface area contributed by atoms with Crippen molar-refractivity contribution in [3.8, 4) is 17.1 Å². The molecule has 6 heteroatoms. The second kappa shape index (κ2) is 4.70. The van der Waals surface area contributed by atoms with Crippen molar-refractivity contribution in [1.29, 1.82) is 0 Å². The number of carboxylic acid groups (broad SMARTS) is 1. The normalized spacial score (nSPS) is 10.1. The molecule has 0 radical (unpaired) electrons. The Hall–Kier alpha value is -2.63. The first-order valence-corrected chi connectivity index (χ1v) is 5.09. The van der Waals surface area contributed by atoms with E-state index in [1.54, 1.807) is 24.3 Å². The van der Waals surface area contributed by atoms with E-state index in [-0.39, 0.29) is 5.82 Å². The summed E-state index contributed by atoms with van der Waals surface area (Å²) < 4.78 is 5.14. The summed E-state index contributed by atoms with van der Waals surface area (Å²) in [6, 6.07) is 6.99. The van der Waals surface area contributed by atoms with Crippen LogP contribution in [0.2, 0.25) is 0 Å². The molecule has 2 aromatic rings. The zero-order valence-corrected chi connectivity index (χ0v) is 9.51. The second-order valence-corrected chi connectivity index (χ2v) is 3.48. The molecule has 18 heavy (non-hydrogen) atoms. The van der Waals surface area contributed by atoms with E-state index >= 15 is 0 Å². The number of methoxy groups -OCH3 is 1. The molecule has 2 N–H and O–H groups in total. The van der Waals surface area contributed by atoms with Crippen LogP contribution < -0.4 is 10.3 Å². The van der Waals surface area contributed by atoms with Crippen molar-refractivity contribution in [3.05, 3.63) is 46.4 Å². The highest BCUT2D eigenvalue weighted by molar-refractivity contribution is 5.86. The lowest BCUT2D eigenvalue weighted by Gasteiger charge is -2.06. The van der Waals surface area contributed by atoms with Crippen LogP contribution in [0.3, 0.4) is 0 Å². The van der Waals surface area contributed by atoms with Gasteiger partial charge in [-0.3, -0.25) is 4.79 Å². The maximum absolute atomic E-state index is 11.5. The molecule has 0 aliphatic rings. The molecule has 0 bridgehead atoms. The van der Waals surface area contributed by atoms with Crippen LogP contribution in [0.1, 0.15) is 10.4 Å². The van der Waals surface area contributed by atoms with Crippen LogP contribution in [-0.4, -0.2) is 28.2 Å². The van der Waals surface area contributed by atoms with Gasteiger partial charge in [0.05, 0.1) is 12.7 Å². The van der Waals surface area contributed by atoms with E-state index in [1.807, 2.05) is 0 Å². The minimum atomic E-state index is -1.31. The number of H-pyrrole nitrogens is 1. The van der Waals surface area contributed by atoms with Crippen LogP contribution in [0.25, 0.3) is 11.4 Å². The fraction of sp³-hybridized carbons (Fsp3) is 0.0833. The molecule has 0 aliphatic carbocycles. The molecule has 92 valence electrons. The van der Waals surface area contributed by atoms with E-state index in [1.165, 1.54) is 7.11 Å². The predicted octanol–water partition coefficient (Wildman–Crippen LogP) is 1.14. The van der Waals surface area contributed by atoms with E-state index in [9.17, 15) is 9.59 Å². The lowest BCUT2D eigenvalue weighted by molar-refractivity contribution is 0.0694. The summed E-state index contributed by atoms with van der Waals surface area (Å²) in [5, 5.41) is 8.74. The molecule has 1 aromatic heterocycles. The number of carboxylic acids is 1. The van der Waals surface area contributed by atoms with E-state index < -0.39 is 17.1 Å². The lowest BCUT2D eigenvalue weighted by Crippen LogP contribution is -2.18. The van der Waals surface area contributed by atoms with Crippen molar-refractivity contribution in [3.63, 3.8) is 0 Å². The van der Waals surface area contributed by atoms with Crippen molar-refractivity contribution in [2.24, 2.45) is 0 Å². The van der Waals surface area contributed by atoms with Crippen molar-refractivity contribution in [2.45, 2.75) is 0 Å². The maximum atomic E-state index is 11.5. The van der Waals surface area contributed by atoms with Gasteiger partial charge in [0, 0.05) is 6.20 Å². The van der Waals surface area contributed by atoms with Crippen molar-refractivity contribution in [2.75, 3.05) is 7.11 Å². The van der Waals surface area contributed by atoms with Crippen LogP contribution in [0, 0.1) is 0 Å². The number of hydrogen-bond donors (Lipinski definition) is 2. The standard InChI is InChI=1S/C12H10N2O4/c1-18-9-5-3-2-4-7(9)10-13-6-8(12(16)17)11(15)14-10/h2-6H,1H3,(H,16,17)(H,13,14,15). The third-order valence-electron chi connectivity index (χ3n) is 2.39. The van der Waals surface area contributed by atoms with Gasteiger partial charge < -0.3 is 14.8 Å². The summed E-state index contributed by atoms with van der Waals surface area (Å²) >= 11 is 0. The summed E-state index contributed by atoms with van der Waals surface area (Å²) in [5.74, 6) is -0.499. The first-order chi connectivity index (χ1) is 8.63. The highest BCUT2D eigenvalue weighted by atomic mass is 16.5. The van der Waals surface area contributed by atoms with Gasteiger partial charge in [0.25, 0.3) is 5.56 Å². The van der Waals surface area contributed by atoms with Crippen LogP contribution in [0.5, 0.6) is 5.75 Å². The third-order valence-corrected chi connectivity index (χ3v) is 2.39. The van der Waals surface area contributed by atoms with Crippen LogP contribution in [-0.2, 0) is 0 Å². The van der Waals surface area contributed by atoms with Gasteiger partial charge in [-0.25, -0.2) is 9.78 Å². The van der Waals surface area contributed by atoms with E-state index in [2.05, 4.69) is 9.97 Å². The first kappa shape index (κ1) is 11.8. The number of aromatic amines is 1. The number of ether oxygens (including phenoxy) is 1. The monoisotopic (exact) mass is 246 g/mol. The van der Waals surface area contributed by atoms with E-state index in [0.29, 0.717) is 11.3 Å². The van der Waals surface area contributed by atoms with E-state index in [0.717, 1.165) is 6.20 Å². The number of carbonyl (C=O) groups is 1. The first-order valence-electron chi connectivity index (χ1n) is 5.09. The Balaban J connectivity index is 2.56. The zero-order valence-electron chi connectivity index (χ0n) is 9.51. The van der Waals surface area contributed by atoms with Crippen molar-refractivity contribution < 1.29 is 14.6 Å². The Morgan fingerprint density at radius 3 is 2.72 bits per heavy atom. The van der Waals surface area contributed by atoms with Gasteiger partial charge in [-0.1, -0.05) is 12.1 Å². The Morgan fingerprint density at radius 2 is 2.11 bits per heavy atom. The SMILES string of the molecule is COc1ccccc1-c1ncc(C(=O)O)c(=O)[nH]1. The largest absolute Gasteiger partial charge is 0.496 e. The molecule has 1 aromatic carbocycles. The molecule has 0 spiro atoms. The van der Waals surface area contributed by atoms with Gasteiger partial charge in [0.15, 0.2) is 0 Å². The molecule has 2 rings (SSSR count). The minimum absolute atomic E-state index is 0.266. The second-order valence-electron chi connectivity index (χ2n) is 3.48. The fourth-order valence-corrected chi connectivity index (χ4v) is 1.52. The molecule has 0 saturated carbocycles. The molecule has 0 unspecified atom stereocenters. The molecule has 1 heterocycles. The summed E-state index contributed by atoms with van der Waals surface area (Å²) in [6.07, 6.45) is 1.03. The number of benzene rings is 1. The fourth-order valence-electron chi connectivity index (χ4n) is 1.52. The van der Waals surface area contributed by atoms with Crippen molar-refractivity contribution >= 4 is 5.97 Å². The highest BCUT2D eigenvalue weighted by Crippen LogP contribution is 2.25. The summed E-state index contributed by atoms with van der Waals surface area (Å²) in [6.45, 7) is 0. The van der Waals surface area contributed by atoms with Crippen LogP contribution >= 0.6 is 0 Å². The molecule has 0 amide bonds. The number of para-hydroxylation sites is 1. The molecular weight excluding hydrogens is 236 g/mol. The Bertz CT molecular complexity index is 649. The molecule has 0 aliphatic heterocycles. The van der Waals surface area contributed by atoms with Gasteiger partial charge in [-0.2, -0.15) is 0 Å². The number of aromatic nitrogens is 2. The Labute approximate surface area is 102 Å². The number of nitrogens with one attached hydrogen (secondary N) is 1. The number of hydrogen-bond acceptors (Lipinski definition) is 4. The number of nitrogens with zero attached hydrogens (tertiary/aromatic N) is 1. The zero-order chi connectivity index (χ0) is 13.1. The smallest absolute Gasteiger partial charge is 0.342 e. The Morgan fingerprint density at radius 1 is 1.39 bits per heavy atom. The predicted molar refractivity (Wildman–Crippen MR) is 63.8 cm³/mol. The summed E-state index contributed by atoms with van der Waals surface area (Å²) in [4.78, 5) is 28.6. The summed E-state index contributed by atoms with van der Waals surface area (Å²) in [7, 11) is 1.50. The maximum Gasteiger partial charge on any atom is 0.342 e. The highest BCUT2D eigenvalue weighted by Gasteiger charge is 2.12. The van der Waals surface area contributed by atoms with Crippen molar-refractivity contribution in [1.82, 2.24) is 9.97 Å². The molecule has 0 atom stereocenters. The Kier molecular flexibility index (Phi) is 3.09. The van der Waals surface area contributed by atoms with Gasteiger partial charge in [-0.05, 0) is 12.1 Å². The molecule has 6 nitrogen and oxygen atoms in total. The number of aromatic carboxylic acids is 1. The topological polar surface area (TPSA) is 92.3 Å².